The molecule has 0 spiro atoms. The molecule has 5 nitrogen and oxygen atoms in total. The van der Waals surface area contributed by atoms with Gasteiger partial charge in [-0.3, -0.25) is 9.59 Å². The Labute approximate surface area is 109 Å². The molecule has 1 unspecified atom stereocenters. The van der Waals surface area contributed by atoms with Gasteiger partial charge in [0.05, 0.1) is 0 Å². The van der Waals surface area contributed by atoms with Gasteiger partial charge in [0.2, 0.25) is 11.8 Å². The fourth-order valence-corrected chi connectivity index (χ4v) is 2.35. The van der Waals surface area contributed by atoms with Crippen LogP contribution < -0.4 is 11.1 Å². The van der Waals surface area contributed by atoms with Crippen LogP contribution in [0.1, 0.15) is 39.5 Å². The highest BCUT2D eigenvalue weighted by Crippen LogP contribution is 2.19. The summed E-state index contributed by atoms with van der Waals surface area (Å²) in [5.74, 6) is 0.213. The molecule has 0 aliphatic carbocycles. The zero-order chi connectivity index (χ0) is 13.5. The Morgan fingerprint density at radius 2 is 2.17 bits per heavy atom. The van der Waals surface area contributed by atoms with E-state index in [0.29, 0.717) is 26.1 Å². The number of likely N-dealkylation sites (tertiary alicyclic amines) is 1. The zero-order valence-electron chi connectivity index (χ0n) is 11.4. The highest BCUT2D eigenvalue weighted by molar-refractivity contribution is 5.88. The van der Waals surface area contributed by atoms with Crippen LogP contribution in [-0.4, -0.2) is 42.4 Å². The summed E-state index contributed by atoms with van der Waals surface area (Å²) in [4.78, 5) is 25.6. The lowest BCUT2D eigenvalue weighted by Crippen LogP contribution is -2.50. The smallest absolute Gasteiger partial charge is 0.243 e. The number of hydrogen-bond donors (Lipinski definition) is 2. The van der Waals surface area contributed by atoms with Crippen LogP contribution in [0.4, 0.5) is 0 Å². The molecule has 2 amide bonds. The number of nitrogens with zero attached hydrogens (tertiary/aromatic N) is 1. The van der Waals surface area contributed by atoms with Gasteiger partial charge in [-0.25, -0.2) is 0 Å². The molecule has 1 aliphatic heterocycles. The quantitative estimate of drug-likeness (QED) is 0.650. The number of nitrogens with two attached hydrogens (primary N) is 1. The lowest BCUT2D eigenvalue weighted by Gasteiger charge is -2.29. The predicted molar refractivity (Wildman–Crippen MR) is 70.9 cm³/mol. The zero-order valence-corrected chi connectivity index (χ0v) is 11.4. The van der Waals surface area contributed by atoms with Crippen molar-refractivity contribution >= 4 is 11.8 Å². The van der Waals surface area contributed by atoms with Crippen molar-refractivity contribution in [2.75, 3.05) is 19.6 Å². The first-order valence-corrected chi connectivity index (χ1v) is 6.85. The molecule has 1 atom stereocenters. The summed E-state index contributed by atoms with van der Waals surface area (Å²) < 4.78 is 0. The average Bonchev–Trinajstić information content (AvgIpc) is 2.71. The summed E-state index contributed by atoms with van der Waals surface area (Å²) >= 11 is 0. The van der Waals surface area contributed by atoms with E-state index in [-0.39, 0.29) is 23.8 Å². The molecule has 3 N–H and O–H groups in total. The summed E-state index contributed by atoms with van der Waals surface area (Å²) in [6, 6.07) is -0.321. The highest BCUT2D eigenvalue weighted by atomic mass is 16.2. The van der Waals surface area contributed by atoms with Gasteiger partial charge < -0.3 is 16.0 Å². The molecule has 5 heteroatoms. The van der Waals surface area contributed by atoms with E-state index < -0.39 is 0 Å². The molecule has 0 aromatic heterocycles. The van der Waals surface area contributed by atoms with Crippen LogP contribution in [0.2, 0.25) is 0 Å². The second kappa shape index (κ2) is 7.36. The second-order valence-electron chi connectivity index (χ2n) is 5.17. The Kier molecular flexibility index (Phi) is 6.12. The Morgan fingerprint density at radius 3 is 2.67 bits per heavy atom. The Balaban J connectivity index is 2.50. The number of carbonyl (C=O) groups is 2. The van der Waals surface area contributed by atoms with Crippen molar-refractivity contribution in [2.24, 2.45) is 11.7 Å². The van der Waals surface area contributed by atoms with Crippen molar-refractivity contribution in [1.82, 2.24) is 10.2 Å². The fraction of sp³-hybridized carbons (Fsp3) is 0.846. The molecule has 18 heavy (non-hydrogen) atoms. The third-order valence-corrected chi connectivity index (χ3v) is 3.28. The van der Waals surface area contributed by atoms with Crippen molar-refractivity contribution in [2.45, 2.75) is 45.6 Å². The number of amides is 2. The number of nitrogens with one attached hydrogen (secondary N) is 1. The fourth-order valence-electron chi connectivity index (χ4n) is 2.35. The molecule has 1 saturated heterocycles. The van der Waals surface area contributed by atoms with Crippen molar-refractivity contribution < 1.29 is 9.59 Å². The van der Waals surface area contributed by atoms with Crippen LogP contribution in [-0.2, 0) is 9.59 Å². The van der Waals surface area contributed by atoms with E-state index in [1.54, 1.807) is 4.90 Å². The van der Waals surface area contributed by atoms with Crippen LogP contribution in [0.5, 0.6) is 0 Å². The van der Waals surface area contributed by atoms with Gasteiger partial charge in [0.15, 0.2) is 0 Å². The predicted octanol–water partition coefficient (Wildman–Crippen LogP) is 0.489. The van der Waals surface area contributed by atoms with Gasteiger partial charge in [-0.05, 0) is 31.7 Å². The minimum atomic E-state index is -0.321. The van der Waals surface area contributed by atoms with Crippen LogP contribution in [0, 0.1) is 5.92 Å². The van der Waals surface area contributed by atoms with E-state index in [0.717, 1.165) is 19.3 Å². The molecular formula is C13H25N3O2. The monoisotopic (exact) mass is 255 g/mol. The summed E-state index contributed by atoms with van der Waals surface area (Å²) in [7, 11) is 0. The maximum atomic E-state index is 12.1. The first-order chi connectivity index (χ1) is 8.57. The van der Waals surface area contributed by atoms with Crippen LogP contribution >= 0.6 is 0 Å². The van der Waals surface area contributed by atoms with E-state index in [2.05, 4.69) is 5.32 Å². The molecule has 0 radical (unpaired) electrons. The molecule has 0 aromatic carbocycles. The Bertz CT molecular complexity index is 292. The number of unbranched alkanes of at least 4 members (excludes halogenated alkanes) is 1. The average molecular weight is 255 g/mol. The molecular weight excluding hydrogens is 230 g/mol. The topological polar surface area (TPSA) is 75.4 Å². The van der Waals surface area contributed by atoms with Gasteiger partial charge in [0.25, 0.3) is 0 Å². The van der Waals surface area contributed by atoms with Crippen molar-refractivity contribution in [1.29, 1.82) is 0 Å². The van der Waals surface area contributed by atoms with E-state index in [9.17, 15) is 9.59 Å². The van der Waals surface area contributed by atoms with E-state index in [1.165, 1.54) is 0 Å². The van der Waals surface area contributed by atoms with E-state index >= 15 is 0 Å². The minimum absolute atomic E-state index is 0.0303. The molecule has 0 saturated carbocycles. The van der Waals surface area contributed by atoms with Crippen molar-refractivity contribution in [3.8, 4) is 0 Å². The molecule has 1 aliphatic rings. The SMILES string of the molecule is CC(C)C(C(=O)NCCCCN)N1CCCC1=O. The normalized spacial score (nSPS) is 17.3. The summed E-state index contributed by atoms with van der Waals surface area (Å²) in [6.07, 6.45) is 3.24. The first-order valence-electron chi connectivity index (χ1n) is 6.85. The van der Waals surface area contributed by atoms with Gasteiger partial charge in [-0.1, -0.05) is 13.8 Å². The number of carbonyl (C=O) groups excluding carboxylic acids is 2. The third-order valence-electron chi connectivity index (χ3n) is 3.28. The lowest BCUT2D eigenvalue weighted by molar-refractivity contribution is -0.139. The van der Waals surface area contributed by atoms with Gasteiger partial charge in [0.1, 0.15) is 6.04 Å². The largest absolute Gasteiger partial charge is 0.354 e. The van der Waals surface area contributed by atoms with Gasteiger partial charge in [0, 0.05) is 19.5 Å². The summed E-state index contributed by atoms with van der Waals surface area (Å²) in [5.41, 5.74) is 5.41. The van der Waals surface area contributed by atoms with Crippen molar-refractivity contribution in [3.05, 3.63) is 0 Å². The highest BCUT2D eigenvalue weighted by Gasteiger charge is 2.34. The maximum absolute atomic E-state index is 12.1. The summed E-state index contributed by atoms with van der Waals surface area (Å²) in [6.45, 7) is 5.96. The Morgan fingerprint density at radius 1 is 1.44 bits per heavy atom. The van der Waals surface area contributed by atoms with E-state index in [1.807, 2.05) is 13.8 Å². The first kappa shape index (κ1) is 15.0. The molecule has 0 bridgehead atoms. The van der Waals surface area contributed by atoms with Gasteiger partial charge in [-0.15, -0.1) is 0 Å². The van der Waals surface area contributed by atoms with Gasteiger partial charge >= 0.3 is 0 Å². The van der Waals surface area contributed by atoms with Crippen LogP contribution in [0.15, 0.2) is 0 Å². The number of rotatable bonds is 7. The second-order valence-corrected chi connectivity index (χ2v) is 5.17. The third kappa shape index (κ3) is 3.98. The minimum Gasteiger partial charge on any atom is -0.354 e. The Hall–Kier alpha value is -1.10. The molecule has 1 fully saturated rings. The van der Waals surface area contributed by atoms with Gasteiger partial charge in [-0.2, -0.15) is 0 Å². The van der Waals surface area contributed by atoms with Crippen molar-refractivity contribution in [3.63, 3.8) is 0 Å². The lowest BCUT2D eigenvalue weighted by atomic mass is 10.0. The molecule has 1 rings (SSSR count). The summed E-state index contributed by atoms with van der Waals surface area (Å²) in [5, 5.41) is 2.91. The van der Waals surface area contributed by atoms with Crippen LogP contribution in [0.3, 0.4) is 0 Å². The maximum Gasteiger partial charge on any atom is 0.243 e. The molecule has 104 valence electrons. The molecule has 1 heterocycles. The standard InChI is InChI=1S/C13H25N3O2/c1-10(2)12(16-9-5-6-11(16)17)13(18)15-8-4-3-7-14/h10,12H,3-9,14H2,1-2H3,(H,15,18). The molecule has 0 aromatic rings. The number of hydrogen-bond acceptors (Lipinski definition) is 3. The van der Waals surface area contributed by atoms with Crippen LogP contribution in [0.25, 0.3) is 0 Å². The van der Waals surface area contributed by atoms with E-state index in [4.69, 9.17) is 5.73 Å².